The van der Waals surface area contributed by atoms with Gasteiger partial charge in [-0.25, -0.2) is 0 Å². The number of hydrogen-bond acceptors (Lipinski definition) is 2. The second-order valence-corrected chi connectivity index (χ2v) is 7.13. The average molecular weight is 264 g/mol. The first-order chi connectivity index (χ1) is 8.83. The smallest absolute Gasteiger partial charge is 0.312 e. The standard InChI is InChI=1S/C17H28O2/c1-6-16(4,5)15(18)19-17(12(2)3)11-10-13-8-7-9-14(13)17/h13-14H,2,6-11H2,1,3-5H3. The lowest BCUT2D eigenvalue weighted by molar-refractivity contribution is -0.170. The monoisotopic (exact) mass is 264 g/mol. The summed E-state index contributed by atoms with van der Waals surface area (Å²) in [5.41, 5.74) is 0.284. The second kappa shape index (κ2) is 4.96. The Balaban J connectivity index is 2.22. The maximum Gasteiger partial charge on any atom is 0.312 e. The van der Waals surface area contributed by atoms with Crippen LogP contribution in [0.15, 0.2) is 12.2 Å². The summed E-state index contributed by atoms with van der Waals surface area (Å²) in [7, 11) is 0. The van der Waals surface area contributed by atoms with Crippen molar-refractivity contribution in [2.24, 2.45) is 17.3 Å². The number of carbonyl (C=O) groups excluding carboxylic acids is 1. The minimum atomic E-state index is -0.390. The van der Waals surface area contributed by atoms with Crippen molar-refractivity contribution in [2.45, 2.75) is 71.8 Å². The first-order valence-corrected chi connectivity index (χ1v) is 7.73. The lowest BCUT2D eigenvalue weighted by atomic mass is 9.81. The van der Waals surface area contributed by atoms with Gasteiger partial charge in [-0.3, -0.25) is 4.79 Å². The Morgan fingerprint density at radius 3 is 2.63 bits per heavy atom. The van der Waals surface area contributed by atoms with E-state index >= 15 is 0 Å². The summed E-state index contributed by atoms with van der Waals surface area (Å²) in [5.74, 6) is 1.21. The molecular weight excluding hydrogens is 236 g/mol. The number of rotatable bonds is 4. The highest BCUT2D eigenvalue weighted by atomic mass is 16.6. The molecule has 2 rings (SSSR count). The van der Waals surface area contributed by atoms with Crippen molar-refractivity contribution in [3.8, 4) is 0 Å². The van der Waals surface area contributed by atoms with Gasteiger partial charge in [-0.2, -0.15) is 0 Å². The molecule has 2 fully saturated rings. The molecule has 0 spiro atoms. The Labute approximate surface area is 117 Å². The third kappa shape index (κ3) is 2.34. The van der Waals surface area contributed by atoms with E-state index in [1.807, 2.05) is 27.7 Å². The molecule has 3 atom stereocenters. The van der Waals surface area contributed by atoms with Crippen molar-refractivity contribution in [3.05, 3.63) is 12.2 Å². The molecule has 108 valence electrons. The van der Waals surface area contributed by atoms with E-state index in [4.69, 9.17) is 4.74 Å². The number of ether oxygens (including phenoxy) is 1. The molecule has 0 N–H and O–H groups in total. The number of fused-ring (bicyclic) bond motifs is 1. The van der Waals surface area contributed by atoms with Gasteiger partial charge in [0.1, 0.15) is 5.60 Å². The van der Waals surface area contributed by atoms with Crippen LogP contribution in [0, 0.1) is 17.3 Å². The molecule has 0 aliphatic heterocycles. The SMILES string of the molecule is C=C(C)C1(OC(=O)C(C)(C)CC)CCC2CCCC21. The number of hydrogen-bond donors (Lipinski definition) is 0. The van der Waals surface area contributed by atoms with E-state index in [9.17, 15) is 4.79 Å². The van der Waals surface area contributed by atoms with Gasteiger partial charge in [0, 0.05) is 5.92 Å². The Hall–Kier alpha value is -0.790. The van der Waals surface area contributed by atoms with Crippen LogP contribution in [0.3, 0.4) is 0 Å². The molecule has 0 aromatic carbocycles. The molecule has 2 nitrogen and oxygen atoms in total. The Bertz CT molecular complexity index is 383. The van der Waals surface area contributed by atoms with Crippen molar-refractivity contribution in [3.63, 3.8) is 0 Å². The molecule has 0 heterocycles. The van der Waals surface area contributed by atoms with E-state index in [2.05, 4.69) is 6.58 Å². The van der Waals surface area contributed by atoms with Crippen molar-refractivity contribution < 1.29 is 9.53 Å². The van der Waals surface area contributed by atoms with Gasteiger partial charge in [0.05, 0.1) is 5.41 Å². The van der Waals surface area contributed by atoms with E-state index in [0.29, 0.717) is 5.92 Å². The van der Waals surface area contributed by atoms with Gasteiger partial charge >= 0.3 is 5.97 Å². The first-order valence-electron chi connectivity index (χ1n) is 7.73. The molecule has 0 radical (unpaired) electrons. The number of esters is 1. The summed E-state index contributed by atoms with van der Waals surface area (Å²) in [4.78, 5) is 12.5. The first kappa shape index (κ1) is 14.6. The summed E-state index contributed by atoms with van der Waals surface area (Å²) < 4.78 is 6.09. The van der Waals surface area contributed by atoms with E-state index in [1.165, 1.54) is 25.7 Å². The molecule has 2 saturated carbocycles. The fourth-order valence-corrected chi connectivity index (χ4v) is 3.77. The quantitative estimate of drug-likeness (QED) is 0.552. The summed E-state index contributed by atoms with van der Waals surface area (Å²) in [5, 5.41) is 0. The van der Waals surface area contributed by atoms with Crippen molar-refractivity contribution in [1.29, 1.82) is 0 Å². The highest BCUT2D eigenvalue weighted by molar-refractivity contribution is 5.76. The van der Waals surface area contributed by atoms with Gasteiger partial charge < -0.3 is 4.74 Å². The van der Waals surface area contributed by atoms with E-state index in [1.54, 1.807) is 0 Å². The molecule has 2 heteroatoms. The summed E-state index contributed by atoms with van der Waals surface area (Å²) in [6.45, 7) is 12.2. The second-order valence-electron chi connectivity index (χ2n) is 7.13. The van der Waals surface area contributed by atoms with E-state index in [0.717, 1.165) is 24.3 Å². The highest BCUT2D eigenvalue weighted by Gasteiger charge is 2.54. The fourth-order valence-electron chi connectivity index (χ4n) is 3.77. The van der Waals surface area contributed by atoms with Crippen LogP contribution in [0.25, 0.3) is 0 Å². The minimum Gasteiger partial charge on any atom is -0.454 e. The lowest BCUT2D eigenvalue weighted by Crippen LogP contribution is -2.43. The minimum absolute atomic E-state index is 0.0504. The third-order valence-electron chi connectivity index (χ3n) is 5.58. The van der Waals surface area contributed by atoms with Crippen LogP contribution in [0.4, 0.5) is 0 Å². The zero-order valence-corrected chi connectivity index (χ0v) is 12.9. The largest absolute Gasteiger partial charge is 0.454 e. The number of carbonyl (C=O) groups is 1. The maximum atomic E-state index is 12.5. The van der Waals surface area contributed by atoms with Crippen LogP contribution >= 0.6 is 0 Å². The molecule has 0 saturated heterocycles. The van der Waals surface area contributed by atoms with Crippen molar-refractivity contribution >= 4 is 5.97 Å². The Morgan fingerprint density at radius 2 is 2.05 bits per heavy atom. The van der Waals surface area contributed by atoms with E-state index < -0.39 is 0 Å². The van der Waals surface area contributed by atoms with Crippen LogP contribution in [-0.4, -0.2) is 11.6 Å². The zero-order chi connectivity index (χ0) is 14.3. The summed E-state index contributed by atoms with van der Waals surface area (Å²) in [6, 6.07) is 0. The normalized spacial score (nSPS) is 34.1. The van der Waals surface area contributed by atoms with Gasteiger partial charge in [0.15, 0.2) is 0 Å². The van der Waals surface area contributed by atoms with Gasteiger partial charge in [-0.1, -0.05) is 26.3 Å². The van der Waals surface area contributed by atoms with Crippen molar-refractivity contribution in [2.75, 3.05) is 0 Å². The Kier molecular flexibility index (Phi) is 3.81. The van der Waals surface area contributed by atoms with Crippen LogP contribution in [0.2, 0.25) is 0 Å². The molecule has 2 aliphatic carbocycles. The molecule has 0 amide bonds. The van der Waals surface area contributed by atoms with Gasteiger partial charge in [0.2, 0.25) is 0 Å². The van der Waals surface area contributed by atoms with Gasteiger partial charge in [0.25, 0.3) is 0 Å². The van der Waals surface area contributed by atoms with Crippen molar-refractivity contribution in [1.82, 2.24) is 0 Å². The van der Waals surface area contributed by atoms with Gasteiger partial charge in [-0.15, -0.1) is 0 Å². The van der Waals surface area contributed by atoms with E-state index in [-0.39, 0.29) is 17.0 Å². The van der Waals surface area contributed by atoms with Crippen LogP contribution in [0.5, 0.6) is 0 Å². The average Bonchev–Trinajstić information content (AvgIpc) is 2.92. The summed E-state index contributed by atoms with van der Waals surface area (Å²) in [6.07, 6.45) is 6.75. The lowest BCUT2D eigenvalue weighted by Gasteiger charge is -2.38. The highest BCUT2D eigenvalue weighted by Crippen LogP contribution is 2.54. The molecule has 2 aliphatic rings. The predicted molar refractivity (Wildman–Crippen MR) is 77.8 cm³/mol. The molecule has 0 aromatic heterocycles. The molecular formula is C17H28O2. The summed E-state index contributed by atoms with van der Waals surface area (Å²) >= 11 is 0. The molecule has 3 unspecified atom stereocenters. The maximum absolute atomic E-state index is 12.5. The van der Waals surface area contributed by atoms with Crippen LogP contribution in [0.1, 0.15) is 66.2 Å². The van der Waals surface area contributed by atoms with Crippen LogP contribution in [-0.2, 0) is 9.53 Å². The molecule has 0 aromatic rings. The Morgan fingerprint density at radius 1 is 1.37 bits per heavy atom. The predicted octanol–water partition coefficient (Wildman–Crippen LogP) is 4.49. The fraction of sp³-hybridized carbons (Fsp3) is 0.824. The zero-order valence-electron chi connectivity index (χ0n) is 12.9. The topological polar surface area (TPSA) is 26.3 Å². The third-order valence-corrected chi connectivity index (χ3v) is 5.58. The molecule has 0 bridgehead atoms. The molecule has 19 heavy (non-hydrogen) atoms. The van der Waals surface area contributed by atoms with Crippen LogP contribution < -0.4 is 0 Å². The van der Waals surface area contributed by atoms with Gasteiger partial charge in [-0.05, 0) is 57.9 Å².